The molecule has 0 bridgehead atoms. The second-order valence-electron chi connectivity index (χ2n) is 4.18. The Morgan fingerprint density at radius 3 is 2.82 bits per heavy atom. The molecule has 2 aromatic rings. The van der Waals surface area contributed by atoms with Crippen LogP contribution in [0.15, 0.2) is 29.4 Å². The first-order valence-electron chi connectivity index (χ1n) is 6.44. The fraction of sp³-hybridized carbons (Fsp3) is 0.286. The lowest BCUT2D eigenvalue weighted by atomic mass is 10.2. The van der Waals surface area contributed by atoms with Crippen molar-refractivity contribution in [1.29, 1.82) is 0 Å². The molecular formula is C14H15N5O2S. The Kier molecular flexibility index (Phi) is 5.80. The number of thioether (sulfide) groups is 1. The summed E-state index contributed by atoms with van der Waals surface area (Å²) in [6.07, 6.45) is 0. The third kappa shape index (κ3) is 4.79. The summed E-state index contributed by atoms with van der Waals surface area (Å²) < 4.78 is 6.58. The Balaban J connectivity index is 1.72. The van der Waals surface area contributed by atoms with Gasteiger partial charge in [-0.3, -0.25) is 4.79 Å². The zero-order valence-electron chi connectivity index (χ0n) is 12.2. The SMILES string of the molecule is COc1ccc(C#CCNC(=O)CSc2nnnn2C)cc1. The van der Waals surface area contributed by atoms with Gasteiger partial charge in [0.2, 0.25) is 11.1 Å². The smallest absolute Gasteiger partial charge is 0.231 e. The number of nitrogens with zero attached hydrogens (tertiary/aromatic N) is 4. The maximum atomic E-state index is 11.7. The fourth-order valence-corrected chi connectivity index (χ4v) is 2.17. The van der Waals surface area contributed by atoms with Crippen molar-refractivity contribution in [3.05, 3.63) is 29.8 Å². The van der Waals surface area contributed by atoms with Crippen molar-refractivity contribution in [2.75, 3.05) is 19.4 Å². The highest BCUT2D eigenvalue weighted by Crippen LogP contribution is 2.11. The maximum Gasteiger partial charge on any atom is 0.231 e. The lowest BCUT2D eigenvalue weighted by molar-refractivity contribution is -0.118. The quantitative estimate of drug-likeness (QED) is 0.638. The molecule has 0 saturated carbocycles. The van der Waals surface area contributed by atoms with Gasteiger partial charge < -0.3 is 10.1 Å². The highest BCUT2D eigenvalue weighted by atomic mass is 32.2. The number of hydrogen-bond acceptors (Lipinski definition) is 6. The predicted molar refractivity (Wildman–Crippen MR) is 82.4 cm³/mol. The Morgan fingerprint density at radius 1 is 1.41 bits per heavy atom. The average molecular weight is 317 g/mol. The van der Waals surface area contributed by atoms with Crippen molar-refractivity contribution in [2.24, 2.45) is 7.05 Å². The van der Waals surface area contributed by atoms with Crippen molar-refractivity contribution in [1.82, 2.24) is 25.5 Å². The highest BCUT2D eigenvalue weighted by Gasteiger charge is 2.06. The monoisotopic (exact) mass is 317 g/mol. The van der Waals surface area contributed by atoms with Crippen LogP contribution in [-0.4, -0.2) is 45.5 Å². The van der Waals surface area contributed by atoms with Crippen molar-refractivity contribution < 1.29 is 9.53 Å². The Morgan fingerprint density at radius 2 is 2.18 bits per heavy atom. The van der Waals surface area contributed by atoms with Gasteiger partial charge >= 0.3 is 0 Å². The minimum atomic E-state index is -0.114. The molecule has 1 N–H and O–H groups in total. The first-order valence-corrected chi connectivity index (χ1v) is 7.42. The number of aryl methyl sites for hydroxylation is 1. The minimum Gasteiger partial charge on any atom is -0.497 e. The van der Waals surface area contributed by atoms with Crippen LogP contribution in [0.2, 0.25) is 0 Å². The average Bonchev–Trinajstić information content (AvgIpc) is 2.95. The zero-order valence-corrected chi connectivity index (χ0v) is 13.1. The topological polar surface area (TPSA) is 81.9 Å². The van der Waals surface area contributed by atoms with Crippen molar-refractivity contribution in [3.63, 3.8) is 0 Å². The standard InChI is InChI=1S/C14H15N5O2S/c1-19-14(16-17-18-19)22-10-13(20)15-9-3-4-11-5-7-12(21-2)8-6-11/h5-8H,9-10H2,1-2H3,(H,15,20). The van der Waals surface area contributed by atoms with Gasteiger partial charge in [0.1, 0.15) is 5.75 Å². The van der Waals surface area contributed by atoms with E-state index in [1.54, 1.807) is 14.2 Å². The Labute approximate surface area is 132 Å². The van der Waals surface area contributed by atoms with Gasteiger partial charge in [0.15, 0.2) is 0 Å². The van der Waals surface area contributed by atoms with Crippen molar-refractivity contribution >= 4 is 17.7 Å². The molecule has 1 heterocycles. The van der Waals surface area contributed by atoms with Gasteiger partial charge in [-0.2, -0.15) is 0 Å². The van der Waals surface area contributed by atoms with Gasteiger partial charge in [-0.1, -0.05) is 23.6 Å². The van der Waals surface area contributed by atoms with Crippen molar-refractivity contribution in [2.45, 2.75) is 5.16 Å². The second-order valence-corrected chi connectivity index (χ2v) is 5.12. The number of tetrazole rings is 1. The van der Waals surface area contributed by atoms with Gasteiger partial charge in [0, 0.05) is 12.6 Å². The highest BCUT2D eigenvalue weighted by molar-refractivity contribution is 7.99. The summed E-state index contributed by atoms with van der Waals surface area (Å²) in [7, 11) is 3.34. The molecular weight excluding hydrogens is 302 g/mol. The van der Waals surface area contributed by atoms with Crippen LogP contribution in [0.3, 0.4) is 0 Å². The van der Waals surface area contributed by atoms with Gasteiger partial charge in [0.25, 0.3) is 0 Å². The number of ether oxygens (including phenoxy) is 1. The summed E-state index contributed by atoms with van der Waals surface area (Å²) in [5.41, 5.74) is 0.870. The number of hydrogen-bond donors (Lipinski definition) is 1. The predicted octanol–water partition coefficient (Wildman–Crippen LogP) is 0.479. The van der Waals surface area contributed by atoms with E-state index in [9.17, 15) is 4.79 Å². The molecule has 0 saturated heterocycles. The molecule has 0 unspecified atom stereocenters. The number of benzene rings is 1. The molecule has 0 fully saturated rings. The molecule has 7 nitrogen and oxygen atoms in total. The van der Waals surface area contributed by atoms with Crippen LogP contribution in [0.1, 0.15) is 5.56 Å². The third-order valence-electron chi connectivity index (χ3n) is 2.61. The van der Waals surface area contributed by atoms with E-state index in [1.165, 1.54) is 16.4 Å². The van der Waals surface area contributed by atoms with E-state index in [0.717, 1.165) is 11.3 Å². The largest absolute Gasteiger partial charge is 0.497 e. The Bertz CT molecular complexity index is 687. The maximum absolute atomic E-state index is 11.7. The van der Waals surface area contributed by atoms with E-state index < -0.39 is 0 Å². The molecule has 8 heteroatoms. The number of aromatic nitrogens is 4. The van der Waals surface area contributed by atoms with E-state index >= 15 is 0 Å². The Hall–Kier alpha value is -2.53. The third-order valence-corrected chi connectivity index (χ3v) is 3.62. The number of methoxy groups -OCH3 is 1. The van der Waals surface area contributed by atoms with Gasteiger partial charge in [-0.25, -0.2) is 4.68 Å². The van der Waals surface area contributed by atoms with E-state index in [-0.39, 0.29) is 11.7 Å². The fourth-order valence-electron chi connectivity index (χ4n) is 1.49. The number of carbonyl (C=O) groups is 1. The molecule has 114 valence electrons. The van der Waals surface area contributed by atoms with E-state index in [4.69, 9.17) is 4.74 Å². The summed E-state index contributed by atoms with van der Waals surface area (Å²) in [5.74, 6) is 6.78. The summed E-state index contributed by atoms with van der Waals surface area (Å²) >= 11 is 1.27. The van der Waals surface area contributed by atoms with E-state index in [1.807, 2.05) is 24.3 Å². The molecule has 0 aliphatic heterocycles. The van der Waals surface area contributed by atoms with Crippen LogP contribution in [0.5, 0.6) is 5.75 Å². The van der Waals surface area contributed by atoms with Gasteiger partial charge in [-0.05, 0) is 34.7 Å². The first kappa shape index (κ1) is 15.9. The number of amides is 1. The summed E-state index contributed by atoms with van der Waals surface area (Å²) in [4.78, 5) is 11.7. The van der Waals surface area contributed by atoms with Crippen LogP contribution in [0, 0.1) is 11.8 Å². The molecule has 0 spiro atoms. The minimum absolute atomic E-state index is 0.114. The number of nitrogens with one attached hydrogen (secondary N) is 1. The molecule has 0 atom stereocenters. The van der Waals surface area contributed by atoms with Crippen LogP contribution < -0.4 is 10.1 Å². The molecule has 1 amide bonds. The van der Waals surface area contributed by atoms with E-state index in [2.05, 4.69) is 32.7 Å². The molecule has 0 aliphatic carbocycles. The van der Waals surface area contributed by atoms with E-state index in [0.29, 0.717) is 11.7 Å². The van der Waals surface area contributed by atoms with Crippen LogP contribution in [-0.2, 0) is 11.8 Å². The van der Waals surface area contributed by atoms with Crippen LogP contribution in [0.4, 0.5) is 0 Å². The summed E-state index contributed by atoms with van der Waals surface area (Å²) in [5, 5.41) is 14.3. The summed E-state index contributed by atoms with van der Waals surface area (Å²) in [6.45, 7) is 0.294. The number of rotatable bonds is 5. The molecule has 1 aromatic heterocycles. The van der Waals surface area contributed by atoms with Crippen LogP contribution in [0.25, 0.3) is 0 Å². The molecule has 0 radical (unpaired) electrons. The molecule has 22 heavy (non-hydrogen) atoms. The van der Waals surface area contributed by atoms with Crippen molar-refractivity contribution in [3.8, 4) is 17.6 Å². The molecule has 1 aromatic carbocycles. The molecule has 2 rings (SSSR count). The second kappa shape index (κ2) is 8.05. The van der Waals surface area contributed by atoms with Gasteiger partial charge in [0.05, 0.1) is 19.4 Å². The lowest BCUT2D eigenvalue weighted by Crippen LogP contribution is -2.25. The van der Waals surface area contributed by atoms with Gasteiger partial charge in [-0.15, -0.1) is 5.10 Å². The normalized spacial score (nSPS) is 9.73. The lowest BCUT2D eigenvalue weighted by Gasteiger charge is -2.00. The van der Waals surface area contributed by atoms with Crippen LogP contribution >= 0.6 is 11.8 Å². The zero-order chi connectivity index (χ0) is 15.8. The summed E-state index contributed by atoms with van der Waals surface area (Å²) in [6, 6.07) is 7.41. The first-order chi connectivity index (χ1) is 10.7. The molecule has 0 aliphatic rings. The number of carbonyl (C=O) groups excluding carboxylic acids is 1.